The number of hydrogen-bond acceptors (Lipinski definition) is 5. The lowest BCUT2D eigenvalue weighted by atomic mass is 10.3. The zero-order valence-corrected chi connectivity index (χ0v) is 13.1. The summed E-state index contributed by atoms with van der Waals surface area (Å²) >= 11 is 0. The van der Waals surface area contributed by atoms with Crippen LogP contribution in [-0.4, -0.2) is 52.4 Å². The fourth-order valence-corrected chi connectivity index (χ4v) is 2.33. The fourth-order valence-electron chi connectivity index (χ4n) is 1.78. The van der Waals surface area contributed by atoms with E-state index in [2.05, 4.69) is 5.32 Å². The van der Waals surface area contributed by atoms with Crippen molar-refractivity contribution < 1.29 is 22.7 Å². The Morgan fingerprint density at radius 1 is 1.48 bits per heavy atom. The number of rotatable bonds is 8. The van der Waals surface area contributed by atoms with Gasteiger partial charge in [-0.2, -0.15) is 0 Å². The van der Waals surface area contributed by atoms with Crippen LogP contribution in [0, 0.1) is 0 Å². The number of carbonyl (C=O) groups excluding carboxylic acids is 1. The van der Waals surface area contributed by atoms with E-state index in [0.717, 1.165) is 0 Å². The lowest BCUT2D eigenvalue weighted by Gasteiger charge is -2.15. The van der Waals surface area contributed by atoms with E-state index in [-0.39, 0.29) is 23.2 Å². The first-order valence-corrected chi connectivity index (χ1v) is 7.91. The third kappa shape index (κ3) is 4.81. The Morgan fingerprint density at radius 2 is 2.14 bits per heavy atom. The van der Waals surface area contributed by atoms with Crippen LogP contribution < -0.4 is 10.5 Å². The zero-order chi connectivity index (χ0) is 16.0. The molecule has 1 rings (SSSR count). The van der Waals surface area contributed by atoms with Crippen molar-refractivity contribution in [1.82, 2.24) is 9.88 Å². The van der Waals surface area contributed by atoms with Crippen LogP contribution >= 0.6 is 0 Å². The number of methoxy groups -OCH3 is 2. The van der Waals surface area contributed by atoms with Gasteiger partial charge in [0.1, 0.15) is 10.6 Å². The van der Waals surface area contributed by atoms with Crippen LogP contribution in [-0.2, 0) is 26.0 Å². The quantitative estimate of drug-likeness (QED) is 0.673. The highest BCUT2D eigenvalue weighted by molar-refractivity contribution is 7.89. The second-order valence-electron chi connectivity index (χ2n) is 4.42. The molecule has 1 aromatic heterocycles. The highest BCUT2D eigenvalue weighted by Crippen LogP contribution is 2.13. The van der Waals surface area contributed by atoms with Crippen molar-refractivity contribution in [2.75, 3.05) is 27.4 Å². The van der Waals surface area contributed by atoms with Gasteiger partial charge in [0.15, 0.2) is 0 Å². The van der Waals surface area contributed by atoms with Gasteiger partial charge in [-0.25, -0.2) is 13.6 Å². The average Bonchev–Trinajstić information content (AvgIpc) is 2.87. The Bertz CT molecular complexity index is 582. The van der Waals surface area contributed by atoms with Crippen molar-refractivity contribution in [3.05, 3.63) is 18.0 Å². The molecule has 0 aliphatic heterocycles. The lowest BCUT2D eigenvalue weighted by molar-refractivity contribution is 0.0284. The number of sulfonamides is 1. The van der Waals surface area contributed by atoms with Gasteiger partial charge in [-0.3, -0.25) is 4.79 Å². The SMILES string of the molecule is CCn1cc(S(N)(=O)=O)cc1C(=O)NCC(COC)OC. The van der Waals surface area contributed by atoms with Crippen LogP contribution in [0.1, 0.15) is 17.4 Å². The van der Waals surface area contributed by atoms with Gasteiger partial charge in [-0.15, -0.1) is 0 Å². The minimum Gasteiger partial charge on any atom is -0.382 e. The maximum Gasteiger partial charge on any atom is 0.268 e. The molecule has 3 N–H and O–H groups in total. The number of aryl methyl sites for hydroxylation is 1. The van der Waals surface area contributed by atoms with Crippen LogP contribution in [0.2, 0.25) is 0 Å². The van der Waals surface area contributed by atoms with Gasteiger partial charge < -0.3 is 19.4 Å². The molecule has 1 atom stereocenters. The van der Waals surface area contributed by atoms with Crippen LogP contribution in [0.25, 0.3) is 0 Å². The summed E-state index contributed by atoms with van der Waals surface area (Å²) in [5.41, 5.74) is 0.230. The first-order chi connectivity index (χ1) is 9.83. The van der Waals surface area contributed by atoms with Crippen LogP contribution in [0.3, 0.4) is 0 Å². The minimum absolute atomic E-state index is 0.0883. The van der Waals surface area contributed by atoms with Crippen molar-refractivity contribution in [3.63, 3.8) is 0 Å². The van der Waals surface area contributed by atoms with E-state index in [1.807, 2.05) is 0 Å². The number of nitrogens with one attached hydrogen (secondary N) is 1. The standard InChI is InChI=1S/C12H21N3O5S/c1-4-15-7-10(21(13,17)18)5-11(15)12(16)14-6-9(20-3)8-19-2/h5,7,9H,4,6,8H2,1-3H3,(H,14,16)(H2,13,17,18). The van der Waals surface area contributed by atoms with E-state index in [1.165, 1.54) is 31.0 Å². The Hall–Kier alpha value is -1.42. The van der Waals surface area contributed by atoms with Crippen molar-refractivity contribution >= 4 is 15.9 Å². The monoisotopic (exact) mass is 319 g/mol. The third-order valence-electron chi connectivity index (χ3n) is 2.95. The number of nitrogens with two attached hydrogens (primary N) is 1. The Balaban J connectivity index is 2.85. The molecule has 120 valence electrons. The number of aromatic nitrogens is 1. The first-order valence-electron chi connectivity index (χ1n) is 6.36. The number of carbonyl (C=O) groups is 1. The molecule has 8 nitrogen and oxygen atoms in total. The molecule has 1 unspecified atom stereocenters. The Kier molecular flexibility index (Phi) is 6.34. The molecule has 0 fully saturated rings. The highest BCUT2D eigenvalue weighted by atomic mass is 32.2. The fraction of sp³-hybridized carbons (Fsp3) is 0.583. The number of amides is 1. The normalized spacial score (nSPS) is 13.1. The average molecular weight is 319 g/mol. The van der Waals surface area contributed by atoms with Crippen molar-refractivity contribution in [1.29, 1.82) is 0 Å². The van der Waals surface area contributed by atoms with Crippen LogP contribution in [0.5, 0.6) is 0 Å². The summed E-state index contributed by atoms with van der Waals surface area (Å²) in [7, 11) is -0.784. The molecule has 0 spiro atoms. The second-order valence-corrected chi connectivity index (χ2v) is 5.98. The Labute approximate surface area is 124 Å². The van der Waals surface area contributed by atoms with E-state index < -0.39 is 15.9 Å². The molecule has 0 aromatic carbocycles. The number of primary sulfonamides is 1. The molecule has 0 saturated carbocycles. The molecule has 0 aliphatic carbocycles. The largest absolute Gasteiger partial charge is 0.382 e. The molecule has 0 aliphatic rings. The van der Waals surface area contributed by atoms with Crippen molar-refractivity contribution in [3.8, 4) is 0 Å². The van der Waals surface area contributed by atoms with Gasteiger partial charge in [0.05, 0.1) is 12.7 Å². The molecule has 1 amide bonds. The topological polar surface area (TPSA) is 113 Å². The molecule has 1 aromatic rings. The minimum atomic E-state index is -3.84. The van der Waals surface area contributed by atoms with E-state index in [9.17, 15) is 13.2 Å². The summed E-state index contributed by atoms with van der Waals surface area (Å²) in [5.74, 6) is -0.398. The predicted octanol–water partition coefficient (Wildman–Crippen LogP) is -0.453. The summed E-state index contributed by atoms with van der Waals surface area (Å²) in [6, 6.07) is 1.26. The molecule has 9 heteroatoms. The van der Waals surface area contributed by atoms with Crippen molar-refractivity contribution in [2.24, 2.45) is 5.14 Å². The van der Waals surface area contributed by atoms with Gasteiger partial charge in [-0.1, -0.05) is 0 Å². The zero-order valence-electron chi connectivity index (χ0n) is 12.3. The molecule has 0 saturated heterocycles. The summed E-state index contributed by atoms with van der Waals surface area (Å²) in [6.45, 7) is 2.84. The van der Waals surface area contributed by atoms with E-state index in [1.54, 1.807) is 6.92 Å². The predicted molar refractivity (Wildman–Crippen MR) is 76.5 cm³/mol. The molecule has 1 heterocycles. The smallest absolute Gasteiger partial charge is 0.268 e. The second kappa shape index (κ2) is 7.55. The van der Waals surface area contributed by atoms with Gasteiger partial charge in [0.2, 0.25) is 10.0 Å². The third-order valence-corrected chi connectivity index (χ3v) is 3.83. The van der Waals surface area contributed by atoms with Gasteiger partial charge in [0.25, 0.3) is 5.91 Å². The van der Waals surface area contributed by atoms with Crippen LogP contribution in [0.15, 0.2) is 17.2 Å². The number of hydrogen-bond donors (Lipinski definition) is 2. The summed E-state index contributed by atoms with van der Waals surface area (Å²) in [4.78, 5) is 12.0. The first kappa shape index (κ1) is 17.6. The summed E-state index contributed by atoms with van der Waals surface area (Å²) in [5, 5.41) is 7.74. The maximum atomic E-state index is 12.1. The molecule has 0 bridgehead atoms. The molecule has 0 radical (unpaired) electrons. The van der Waals surface area contributed by atoms with E-state index >= 15 is 0 Å². The van der Waals surface area contributed by atoms with E-state index in [4.69, 9.17) is 14.6 Å². The van der Waals surface area contributed by atoms with E-state index in [0.29, 0.717) is 13.2 Å². The molecular weight excluding hydrogens is 298 g/mol. The number of nitrogens with zero attached hydrogens (tertiary/aromatic N) is 1. The lowest BCUT2D eigenvalue weighted by Crippen LogP contribution is -2.36. The van der Waals surface area contributed by atoms with Crippen LogP contribution in [0.4, 0.5) is 0 Å². The molecule has 21 heavy (non-hydrogen) atoms. The molecular formula is C12H21N3O5S. The van der Waals surface area contributed by atoms with Gasteiger partial charge in [0, 0.05) is 33.5 Å². The highest BCUT2D eigenvalue weighted by Gasteiger charge is 2.19. The van der Waals surface area contributed by atoms with Gasteiger partial charge in [-0.05, 0) is 13.0 Å². The van der Waals surface area contributed by atoms with Gasteiger partial charge >= 0.3 is 0 Å². The Morgan fingerprint density at radius 3 is 2.62 bits per heavy atom. The van der Waals surface area contributed by atoms with Crippen molar-refractivity contribution in [2.45, 2.75) is 24.5 Å². The number of ether oxygens (including phenoxy) is 2. The summed E-state index contributed by atoms with van der Waals surface area (Å²) in [6.07, 6.45) is 1.06. The maximum absolute atomic E-state index is 12.1. The summed E-state index contributed by atoms with van der Waals surface area (Å²) < 4.78 is 34.3.